The Morgan fingerprint density at radius 1 is 0.833 bits per heavy atom. The van der Waals surface area contributed by atoms with Crippen LogP contribution >= 0.6 is 0 Å². The highest BCUT2D eigenvalue weighted by molar-refractivity contribution is 4.92. The Labute approximate surface area is 77.7 Å². The molecule has 0 heteroatoms. The van der Waals surface area contributed by atoms with Crippen LogP contribution < -0.4 is 0 Å². The minimum atomic E-state index is 0.968. The van der Waals surface area contributed by atoms with E-state index in [4.69, 9.17) is 0 Å². The molecule has 0 saturated heterocycles. The van der Waals surface area contributed by atoms with Gasteiger partial charge in [0.15, 0.2) is 0 Å². The third kappa shape index (κ3) is 1.41. The Hall–Kier alpha value is 0. The monoisotopic (exact) mass is 168 g/mol. The van der Waals surface area contributed by atoms with Crippen LogP contribution in [0.25, 0.3) is 0 Å². The fraction of sp³-hybridized carbons (Fsp3) is 1.00. The van der Waals surface area contributed by atoms with Gasteiger partial charge in [0.25, 0.3) is 0 Å². The van der Waals surface area contributed by atoms with Gasteiger partial charge in [-0.1, -0.05) is 47.5 Å². The van der Waals surface area contributed by atoms with Crippen LogP contribution in [-0.4, -0.2) is 0 Å². The number of rotatable bonds is 3. The first-order chi connectivity index (χ1) is 5.63. The molecule has 2 atom stereocenters. The van der Waals surface area contributed by atoms with E-state index in [1.54, 1.807) is 0 Å². The molecule has 1 aliphatic rings. The Morgan fingerprint density at radius 3 is 1.58 bits per heavy atom. The summed E-state index contributed by atoms with van der Waals surface area (Å²) < 4.78 is 0. The fourth-order valence-corrected chi connectivity index (χ4v) is 3.20. The van der Waals surface area contributed by atoms with Crippen molar-refractivity contribution >= 4 is 0 Å². The average Bonchev–Trinajstić information content (AvgIpc) is 2.12. The first kappa shape index (κ1) is 10.1. The van der Waals surface area contributed by atoms with Gasteiger partial charge in [-0.15, -0.1) is 0 Å². The van der Waals surface area contributed by atoms with Crippen LogP contribution in [0.4, 0.5) is 0 Å². The smallest absolute Gasteiger partial charge is 0.0329 e. The summed E-state index contributed by atoms with van der Waals surface area (Å²) in [6.07, 6.45) is 2.76. The minimum absolute atomic E-state index is 0.968. The molecule has 0 nitrogen and oxygen atoms in total. The van der Waals surface area contributed by atoms with Gasteiger partial charge in [-0.05, 0) is 29.6 Å². The summed E-state index contributed by atoms with van der Waals surface area (Å²) in [4.78, 5) is 0. The first-order valence-corrected chi connectivity index (χ1v) is 5.63. The minimum Gasteiger partial charge on any atom is -0.0651 e. The van der Waals surface area contributed by atoms with Gasteiger partial charge < -0.3 is 0 Å². The molecule has 72 valence electrons. The van der Waals surface area contributed by atoms with Crippen molar-refractivity contribution in [2.45, 2.75) is 47.5 Å². The van der Waals surface area contributed by atoms with Crippen molar-refractivity contribution in [3.05, 3.63) is 0 Å². The summed E-state index contributed by atoms with van der Waals surface area (Å²) in [7, 11) is 0. The molecule has 1 saturated carbocycles. The number of hydrogen-bond acceptors (Lipinski definition) is 0. The Kier molecular flexibility index (Phi) is 3.20. The molecular formula is C12H24. The standard InChI is InChI=1S/C12H24/c1-6-11(7-2)12-9(4)8(3)10(12)5/h8-12H,6-7H2,1-5H3. The first-order valence-electron chi connectivity index (χ1n) is 5.63. The van der Waals surface area contributed by atoms with Crippen LogP contribution in [0, 0.1) is 29.6 Å². The van der Waals surface area contributed by atoms with Gasteiger partial charge in [0.05, 0.1) is 0 Å². The highest BCUT2D eigenvalue weighted by Crippen LogP contribution is 2.50. The summed E-state index contributed by atoms with van der Waals surface area (Å²) in [5.74, 6) is 4.94. The van der Waals surface area contributed by atoms with Crippen molar-refractivity contribution in [2.24, 2.45) is 29.6 Å². The molecular weight excluding hydrogens is 144 g/mol. The maximum Gasteiger partial charge on any atom is -0.0329 e. The second-order valence-electron chi connectivity index (χ2n) is 4.73. The van der Waals surface area contributed by atoms with Crippen molar-refractivity contribution in [3.8, 4) is 0 Å². The molecule has 0 radical (unpaired) electrons. The van der Waals surface area contributed by atoms with Crippen LogP contribution in [0.3, 0.4) is 0 Å². The molecule has 1 rings (SSSR count). The Bertz CT molecular complexity index is 125. The van der Waals surface area contributed by atoms with Crippen LogP contribution in [0.1, 0.15) is 47.5 Å². The van der Waals surface area contributed by atoms with Crippen molar-refractivity contribution in [2.75, 3.05) is 0 Å². The maximum absolute atomic E-state index is 2.44. The Balaban J connectivity index is 2.52. The summed E-state index contributed by atoms with van der Waals surface area (Å²) in [5.41, 5.74) is 0. The van der Waals surface area contributed by atoms with Gasteiger partial charge in [-0.3, -0.25) is 0 Å². The lowest BCUT2D eigenvalue weighted by molar-refractivity contribution is -0.0303. The molecule has 2 unspecified atom stereocenters. The molecule has 0 aromatic carbocycles. The quantitative estimate of drug-likeness (QED) is 0.598. The zero-order valence-corrected chi connectivity index (χ0v) is 9.30. The van der Waals surface area contributed by atoms with Crippen molar-refractivity contribution in [1.29, 1.82) is 0 Å². The lowest BCUT2D eigenvalue weighted by atomic mass is 9.54. The van der Waals surface area contributed by atoms with Gasteiger partial charge in [-0.2, -0.15) is 0 Å². The zero-order valence-electron chi connectivity index (χ0n) is 9.30. The lowest BCUT2D eigenvalue weighted by Gasteiger charge is -2.51. The molecule has 0 aromatic heterocycles. The normalized spacial score (nSPS) is 41.5. The number of hydrogen-bond donors (Lipinski definition) is 0. The highest BCUT2D eigenvalue weighted by atomic mass is 14.5. The summed E-state index contributed by atoms with van der Waals surface area (Å²) in [6, 6.07) is 0. The van der Waals surface area contributed by atoms with E-state index in [0.29, 0.717) is 0 Å². The van der Waals surface area contributed by atoms with E-state index in [1.165, 1.54) is 12.8 Å². The molecule has 0 heterocycles. The van der Waals surface area contributed by atoms with Gasteiger partial charge in [-0.25, -0.2) is 0 Å². The van der Waals surface area contributed by atoms with Gasteiger partial charge in [0, 0.05) is 0 Å². The van der Waals surface area contributed by atoms with Gasteiger partial charge in [0.2, 0.25) is 0 Å². The van der Waals surface area contributed by atoms with E-state index in [1.807, 2.05) is 0 Å². The predicted molar refractivity (Wildman–Crippen MR) is 55.1 cm³/mol. The SMILES string of the molecule is CCC(CC)C1C(C)C(C)C1C. The summed E-state index contributed by atoms with van der Waals surface area (Å²) in [5, 5.41) is 0. The van der Waals surface area contributed by atoms with Crippen molar-refractivity contribution in [1.82, 2.24) is 0 Å². The molecule has 0 aliphatic heterocycles. The average molecular weight is 168 g/mol. The predicted octanol–water partition coefficient (Wildman–Crippen LogP) is 3.96. The van der Waals surface area contributed by atoms with Gasteiger partial charge in [0.1, 0.15) is 0 Å². The second-order valence-corrected chi connectivity index (χ2v) is 4.73. The van der Waals surface area contributed by atoms with Crippen LogP contribution in [0.5, 0.6) is 0 Å². The summed E-state index contributed by atoms with van der Waals surface area (Å²) in [6.45, 7) is 12.0. The van der Waals surface area contributed by atoms with E-state index in [2.05, 4.69) is 34.6 Å². The van der Waals surface area contributed by atoms with E-state index in [-0.39, 0.29) is 0 Å². The molecule has 0 amide bonds. The highest BCUT2D eigenvalue weighted by Gasteiger charge is 2.44. The Morgan fingerprint density at radius 2 is 1.25 bits per heavy atom. The maximum atomic E-state index is 2.44. The van der Waals surface area contributed by atoms with Crippen LogP contribution in [0.2, 0.25) is 0 Å². The largest absolute Gasteiger partial charge is 0.0651 e. The molecule has 0 aromatic rings. The lowest BCUT2D eigenvalue weighted by Crippen LogP contribution is -2.45. The van der Waals surface area contributed by atoms with Crippen molar-refractivity contribution in [3.63, 3.8) is 0 Å². The van der Waals surface area contributed by atoms with Crippen LogP contribution in [-0.2, 0) is 0 Å². The molecule has 0 bridgehead atoms. The van der Waals surface area contributed by atoms with E-state index in [0.717, 1.165) is 29.6 Å². The fourth-order valence-electron chi connectivity index (χ4n) is 3.20. The zero-order chi connectivity index (χ0) is 9.30. The van der Waals surface area contributed by atoms with E-state index in [9.17, 15) is 0 Å². The van der Waals surface area contributed by atoms with E-state index >= 15 is 0 Å². The molecule has 1 aliphatic carbocycles. The molecule has 0 spiro atoms. The summed E-state index contributed by atoms with van der Waals surface area (Å²) >= 11 is 0. The molecule has 0 N–H and O–H groups in total. The van der Waals surface area contributed by atoms with E-state index < -0.39 is 0 Å². The molecule has 12 heavy (non-hydrogen) atoms. The van der Waals surface area contributed by atoms with Crippen molar-refractivity contribution < 1.29 is 0 Å². The topological polar surface area (TPSA) is 0 Å². The van der Waals surface area contributed by atoms with Crippen LogP contribution in [0.15, 0.2) is 0 Å². The third-order valence-corrected chi connectivity index (χ3v) is 4.47. The third-order valence-electron chi connectivity index (χ3n) is 4.47. The second kappa shape index (κ2) is 3.81. The molecule has 1 fully saturated rings. The van der Waals surface area contributed by atoms with Gasteiger partial charge >= 0.3 is 0 Å².